The largest absolute Gasteiger partial charge is 0.508 e. The lowest BCUT2D eigenvalue weighted by Gasteiger charge is -2.08. The van der Waals surface area contributed by atoms with Crippen LogP contribution in [0.1, 0.15) is 30.1 Å². The molecule has 4 nitrogen and oxygen atoms in total. The number of carbonyl (C=O) groups is 1. The molecule has 0 saturated heterocycles. The maximum atomic E-state index is 12.1. The first kappa shape index (κ1) is 14.9. The van der Waals surface area contributed by atoms with Crippen LogP contribution in [0.5, 0.6) is 11.5 Å². The highest BCUT2D eigenvalue weighted by atomic mass is 16.5. The third-order valence-electron chi connectivity index (χ3n) is 2.99. The van der Waals surface area contributed by atoms with Crippen LogP contribution in [0.3, 0.4) is 0 Å². The fourth-order valence-electron chi connectivity index (χ4n) is 1.82. The molecule has 2 aromatic rings. The van der Waals surface area contributed by atoms with Crippen molar-refractivity contribution in [3.63, 3.8) is 0 Å². The Morgan fingerprint density at radius 2 is 1.95 bits per heavy atom. The summed E-state index contributed by atoms with van der Waals surface area (Å²) in [4.78, 5) is 12.1. The van der Waals surface area contributed by atoms with E-state index in [2.05, 4.69) is 12.2 Å². The van der Waals surface area contributed by atoms with E-state index in [9.17, 15) is 9.90 Å². The highest BCUT2D eigenvalue weighted by molar-refractivity contribution is 6.04. The van der Waals surface area contributed by atoms with Gasteiger partial charge in [-0.25, -0.2) is 0 Å². The molecule has 2 N–H and O–H groups in total. The van der Waals surface area contributed by atoms with Crippen molar-refractivity contribution in [2.24, 2.45) is 0 Å². The summed E-state index contributed by atoms with van der Waals surface area (Å²) >= 11 is 0. The van der Waals surface area contributed by atoms with Crippen molar-refractivity contribution < 1.29 is 14.6 Å². The fourth-order valence-corrected chi connectivity index (χ4v) is 1.82. The molecule has 0 fully saturated rings. The number of anilines is 1. The predicted molar refractivity (Wildman–Crippen MR) is 82.9 cm³/mol. The topological polar surface area (TPSA) is 58.6 Å². The van der Waals surface area contributed by atoms with Gasteiger partial charge in [0.1, 0.15) is 11.5 Å². The van der Waals surface area contributed by atoms with Gasteiger partial charge in [-0.2, -0.15) is 0 Å². The van der Waals surface area contributed by atoms with Crippen LogP contribution in [0, 0.1) is 0 Å². The van der Waals surface area contributed by atoms with Crippen LogP contribution in [0.25, 0.3) is 0 Å². The Balaban J connectivity index is 1.96. The van der Waals surface area contributed by atoms with Gasteiger partial charge in [0.05, 0.1) is 6.61 Å². The van der Waals surface area contributed by atoms with Gasteiger partial charge in [-0.05, 0) is 42.8 Å². The lowest BCUT2D eigenvalue weighted by atomic mass is 10.2. The van der Waals surface area contributed by atoms with Crippen molar-refractivity contribution in [3.05, 3.63) is 54.1 Å². The van der Waals surface area contributed by atoms with E-state index in [0.717, 1.165) is 18.6 Å². The molecule has 0 atom stereocenters. The Kier molecular flexibility index (Phi) is 5.21. The smallest absolute Gasteiger partial charge is 0.255 e. The molecule has 0 aliphatic heterocycles. The summed E-state index contributed by atoms with van der Waals surface area (Å²) in [5, 5.41) is 12.1. The lowest BCUT2D eigenvalue weighted by Crippen LogP contribution is -2.11. The lowest BCUT2D eigenvalue weighted by molar-refractivity contribution is 0.102. The zero-order chi connectivity index (χ0) is 15.1. The van der Waals surface area contributed by atoms with Crippen molar-refractivity contribution in [1.82, 2.24) is 0 Å². The van der Waals surface area contributed by atoms with Gasteiger partial charge in [0.15, 0.2) is 0 Å². The van der Waals surface area contributed by atoms with E-state index in [-0.39, 0.29) is 11.7 Å². The first-order valence-corrected chi connectivity index (χ1v) is 7.02. The Labute approximate surface area is 124 Å². The van der Waals surface area contributed by atoms with Crippen LogP contribution in [0.2, 0.25) is 0 Å². The third kappa shape index (κ3) is 4.53. The van der Waals surface area contributed by atoms with Gasteiger partial charge in [0.2, 0.25) is 0 Å². The number of nitrogens with one attached hydrogen (secondary N) is 1. The Morgan fingerprint density at radius 1 is 1.19 bits per heavy atom. The molecule has 0 heterocycles. The van der Waals surface area contributed by atoms with E-state index in [1.165, 1.54) is 6.07 Å². The van der Waals surface area contributed by atoms with E-state index in [1.807, 2.05) is 0 Å². The van der Waals surface area contributed by atoms with E-state index in [4.69, 9.17) is 4.74 Å². The van der Waals surface area contributed by atoms with Crippen LogP contribution < -0.4 is 10.1 Å². The van der Waals surface area contributed by atoms with Gasteiger partial charge in [-0.1, -0.05) is 19.4 Å². The molecule has 0 saturated carbocycles. The number of ether oxygens (including phenoxy) is 1. The molecule has 0 aliphatic carbocycles. The first-order chi connectivity index (χ1) is 10.2. The Morgan fingerprint density at radius 3 is 2.62 bits per heavy atom. The number of phenols is 1. The minimum atomic E-state index is -0.222. The molecule has 0 spiro atoms. The standard InChI is InChI=1S/C17H19NO3/c1-2-3-11-21-16-9-7-13(8-10-16)17(20)18-14-5-4-6-15(19)12-14/h4-10,12,19H,2-3,11H2,1H3,(H,18,20). The van der Waals surface area contributed by atoms with Crippen molar-refractivity contribution in [1.29, 1.82) is 0 Å². The van der Waals surface area contributed by atoms with Gasteiger partial charge in [-0.15, -0.1) is 0 Å². The molecule has 110 valence electrons. The number of aromatic hydroxyl groups is 1. The van der Waals surface area contributed by atoms with Crippen molar-refractivity contribution in [3.8, 4) is 11.5 Å². The molecular weight excluding hydrogens is 266 g/mol. The third-order valence-corrected chi connectivity index (χ3v) is 2.99. The predicted octanol–water partition coefficient (Wildman–Crippen LogP) is 3.82. The van der Waals surface area contributed by atoms with E-state index >= 15 is 0 Å². The number of phenolic OH excluding ortho intramolecular Hbond substituents is 1. The number of rotatable bonds is 6. The number of hydrogen-bond donors (Lipinski definition) is 2. The van der Waals surface area contributed by atoms with Crippen LogP contribution in [0.15, 0.2) is 48.5 Å². The fraction of sp³-hybridized carbons (Fsp3) is 0.235. The number of benzene rings is 2. The normalized spacial score (nSPS) is 10.1. The van der Waals surface area contributed by atoms with Crippen LogP contribution in [0.4, 0.5) is 5.69 Å². The number of amides is 1. The average Bonchev–Trinajstić information content (AvgIpc) is 2.48. The maximum Gasteiger partial charge on any atom is 0.255 e. The minimum Gasteiger partial charge on any atom is -0.508 e. The quantitative estimate of drug-likeness (QED) is 0.793. The van der Waals surface area contributed by atoms with E-state index in [0.29, 0.717) is 17.9 Å². The van der Waals surface area contributed by atoms with Crippen LogP contribution in [-0.4, -0.2) is 17.6 Å². The van der Waals surface area contributed by atoms with Gasteiger partial charge in [0, 0.05) is 17.3 Å². The zero-order valence-corrected chi connectivity index (χ0v) is 12.0. The number of unbranched alkanes of at least 4 members (excludes halogenated alkanes) is 1. The Hall–Kier alpha value is -2.49. The molecule has 2 rings (SSSR count). The summed E-state index contributed by atoms with van der Waals surface area (Å²) < 4.78 is 5.55. The summed E-state index contributed by atoms with van der Waals surface area (Å²) in [6.45, 7) is 2.80. The summed E-state index contributed by atoms with van der Waals surface area (Å²) in [7, 11) is 0. The minimum absolute atomic E-state index is 0.118. The van der Waals surface area contributed by atoms with Gasteiger partial charge in [0.25, 0.3) is 5.91 Å². The highest BCUT2D eigenvalue weighted by Crippen LogP contribution is 2.17. The second-order valence-corrected chi connectivity index (χ2v) is 4.73. The second-order valence-electron chi connectivity index (χ2n) is 4.73. The van der Waals surface area contributed by atoms with Gasteiger partial charge >= 0.3 is 0 Å². The first-order valence-electron chi connectivity index (χ1n) is 7.02. The molecule has 0 radical (unpaired) electrons. The van der Waals surface area contributed by atoms with Crippen molar-refractivity contribution >= 4 is 11.6 Å². The van der Waals surface area contributed by atoms with Crippen molar-refractivity contribution in [2.45, 2.75) is 19.8 Å². The molecular formula is C17H19NO3. The SMILES string of the molecule is CCCCOc1ccc(C(=O)Nc2cccc(O)c2)cc1. The molecule has 1 amide bonds. The second kappa shape index (κ2) is 7.33. The van der Waals surface area contributed by atoms with E-state index in [1.54, 1.807) is 42.5 Å². The number of carbonyl (C=O) groups excluding carboxylic acids is 1. The molecule has 0 aromatic heterocycles. The van der Waals surface area contributed by atoms with Crippen LogP contribution >= 0.6 is 0 Å². The Bertz CT molecular complexity index is 593. The van der Waals surface area contributed by atoms with Gasteiger partial charge in [-0.3, -0.25) is 4.79 Å². The molecule has 0 unspecified atom stereocenters. The maximum absolute atomic E-state index is 12.1. The highest BCUT2D eigenvalue weighted by Gasteiger charge is 2.06. The molecule has 2 aromatic carbocycles. The molecule has 4 heteroatoms. The molecule has 0 aliphatic rings. The number of hydrogen-bond acceptors (Lipinski definition) is 3. The average molecular weight is 285 g/mol. The monoisotopic (exact) mass is 285 g/mol. The van der Waals surface area contributed by atoms with E-state index < -0.39 is 0 Å². The molecule has 0 bridgehead atoms. The summed E-state index contributed by atoms with van der Waals surface area (Å²) in [5.41, 5.74) is 1.10. The van der Waals surface area contributed by atoms with Crippen LogP contribution in [-0.2, 0) is 0 Å². The summed E-state index contributed by atoms with van der Waals surface area (Å²) in [5.74, 6) is 0.658. The zero-order valence-electron chi connectivity index (χ0n) is 12.0. The van der Waals surface area contributed by atoms with Crippen molar-refractivity contribution in [2.75, 3.05) is 11.9 Å². The molecule has 21 heavy (non-hydrogen) atoms. The van der Waals surface area contributed by atoms with Gasteiger partial charge < -0.3 is 15.2 Å². The summed E-state index contributed by atoms with van der Waals surface area (Å²) in [6, 6.07) is 13.5. The summed E-state index contributed by atoms with van der Waals surface area (Å²) in [6.07, 6.45) is 2.10.